The first kappa shape index (κ1) is 6.55. The average molecular weight is 128 g/mol. The van der Waals surface area contributed by atoms with Crippen molar-refractivity contribution in [2.45, 2.75) is 31.7 Å². The lowest BCUT2D eigenvalue weighted by Gasteiger charge is -2.17. The van der Waals surface area contributed by atoms with Crippen LogP contribution < -0.4 is 5.73 Å². The van der Waals surface area contributed by atoms with Crippen LogP contribution in [0.15, 0.2) is 5.16 Å². The number of nitrogens with two attached hydrogens (primary N) is 1. The molecule has 9 heavy (non-hydrogen) atoms. The second kappa shape index (κ2) is 2.82. The van der Waals surface area contributed by atoms with Crippen molar-refractivity contribution < 1.29 is 5.21 Å². The van der Waals surface area contributed by atoms with E-state index in [4.69, 9.17) is 10.9 Å². The molecule has 1 atom stereocenters. The van der Waals surface area contributed by atoms with Crippen molar-refractivity contribution in [3.8, 4) is 0 Å². The highest BCUT2D eigenvalue weighted by molar-refractivity contribution is 5.89. The van der Waals surface area contributed by atoms with Crippen molar-refractivity contribution in [3.05, 3.63) is 0 Å². The molecule has 1 saturated carbocycles. The Bertz CT molecular complexity index is 122. The first-order valence-corrected chi connectivity index (χ1v) is 3.31. The predicted molar refractivity (Wildman–Crippen MR) is 35.7 cm³/mol. The second-order valence-electron chi connectivity index (χ2n) is 2.44. The van der Waals surface area contributed by atoms with E-state index in [0.717, 1.165) is 25.0 Å². The van der Waals surface area contributed by atoms with Gasteiger partial charge in [0.2, 0.25) is 0 Å². The highest BCUT2D eigenvalue weighted by atomic mass is 16.4. The molecule has 0 aromatic heterocycles. The van der Waals surface area contributed by atoms with Crippen LogP contribution in [0.2, 0.25) is 0 Å². The maximum absolute atomic E-state index is 8.37. The molecular formula is C6H12N2O. The van der Waals surface area contributed by atoms with Crippen molar-refractivity contribution in [3.63, 3.8) is 0 Å². The Morgan fingerprint density at radius 2 is 2.33 bits per heavy atom. The zero-order valence-corrected chi connectivity index (χ0v) is 5.38. The Morgan fingerprint density at radius 3 is 2.78 bits per heavy atom. The molecule has 0 radical (unpaired) electrons. The molecule has 52 valence electrons. The van der Waals surface area contributed by atoms with Crippen LogP contribution in [0.5, 0.6) is 0 Å². The molecule has 0 aromatic carbocycles. The van der Waals surface area contributed by atoms with Crippen LogP contribution in [0, 0.1) is 0 Å². The van der Waals surface area contributed by atoms with Crippen molar-refractivity contribution in [2.24, 2.45) is 10.9 Å². The lowest BCUT2D eigenvalue weighted by atomic mass is 9.94. The number of rotatable bonds is 0. The molecule has 3 N–H and O–H groups in total. The van der Waals surface area contributed by atoms with Gasteiger partial charge in [-0.1, -0.05) is 11.6 Å². The van der Waals surface area contributed by atoms with Gasteiger partial charge in [-0.05, 0) is 19.3 Å². The fourth-order valence-corrected chi connectivity index (χ4v) is 1.15. The van der Waals surface area contributed by atoms with Gasteiger partial charge in [0.15, 0.2) is 0 Å². The van der Waals surface area contributed by atoms with Gasteiger partial charge >= 0.3 is 0 Å². The molecule has 1 aliphatic carbocycles. The van der Waals surface area contributed by atoms with Crippen LogP contribution >= 0.6 is 0 Å². The number of hydrogen-bond donors (Lipinski definition) is 2. The normalized spacial score (nSPS) is 33.0. The highest BCUT2D eigenvalue weighted by Gasteiger charge is 2.15. The Balaban J connectivity index is 2.49. The van der Waals surface area contributed by atoms with Crippen LogP contribution in [0.3, 0.4) is 0 Å². The van der Waals surface area contributed by atoms with Crippen molar-refractivity contribution in [1.82, 2.24) is 0 Å². The Labute approximate surface area is 54.5 Å². The monoisotopic (exact) mass is 128 g/mol. The molecule has 1 aliphatic rings. The summed E-state index contributed by atoms with van der Waals surface area (Å²) >= 11 is 0. The van der Waals surface area contributed by atoms with E-state index in [2.05, 4.69) is 5.16 Å². The molecule has 0 aromatic rings. The SMILES string of the molecule is N[C@@H]1CCCC/C1=N\O. The third-order valence-corrected chi connectivity index (χ3v) is 1.75. The summed E-state index contributed by atoms with van der Waals surface area (Å²) in [7, 11) is 0. The summed E-state index contributed by atoms with van der Waals surface area (Å²) in [5.74, 6) is 0. The third-order valence-electron chi connectivity index (χ3n) is 1.75. The Hall–Kier alpha value is -0.570. The summed E-state index contributed by atoms with van der Waals surface area (Å²) in [5, 5.41) is 11.5. The van der Waals surface area contributed by atoms with Gasteiger partial charge in [0, 0.05) is 6.04 Å². The average Bonchev–Trinajstić information content (AvgIpc) is 1.89. The zero-order chi connectivity index (χ0) is 6.69. The number of hydrogen-bond acceptors (Lipinski definition) is 3. The van der Waals surface area contributed by atoms with Gasteiger partial charge < -0.3 is 10.9 Å². The standard InChI is InChI=1S/C6H12N2O/c7-5-3-1-2-4-6(5)8-9/h5,9H,1-4,7H2/b8-6+/t5-/m1/s1. The lowest BCUT2D eigenvalue weighted by molar-refractivity contribution is 0.312. The van der Waals surface area contributed by atoms with Crippen LogP contribution in [-0.4, -0.2) is 17.0 Å². The second-order valence-corrected chi connectivity index (χ2v) is 2.44. The third kappa shape index (κ3) is 1.42. The van der Waals surface area contributed by atoms with E-state index in [1.807, 2.05) is 0 Å². The minimum Gasteiger partial charge on any atom is -0.411 e. The number of nitrogens with zero attached hydrogens (tertiary/aromatic N) is 1. The van der Waals surface area contributed by atoms with Crippen LogP contribution in [0.4, 0.5) is 0 Å². The summed E-state index contributed by atoms with van der Waals surface area (Å²) in [6.07, 6.45) is 4.13. The molecule has 0 heterocycles. The lowest BCUT2D eigenvalue weighted by Crippen LogP contribution is -2.33. The summed E-state index contributed by atoms with van der Waals surface area (Å²) in [6.45, 7) is 0. The molecule has 0 amide bonds. The smallest absolute Gasteiger partial charge is 0.0737 e. The van der Waals surface area contributed by atoms with Crippen molar-refractivity contribution >= 4 is 5.71 Å². The van der Waals surface area contributed by atoms with Crippen LogP contribution in [0.25, 0.3) is 0 Å². The zero-order valence-electron chi connectivity index (χ0n) is 5.38. The van der Waals surface area contributed by atoms with Gasteiger partial charge in [-0.15, -0.1) is 0 Å². The van der Waals surface area contributed by atoms with E-state index >= 15 is 0 Å². The molecule has 1 rings (SSSR count). The fourth-order valence-electron chi connectivity index (χ4n) is 1.15. The fraction of sp³-hybridized carbons (Fsp3) is 0.833. The van der Waals surface area contributed by atoms with Crippen molar-refractivity contribution in [2.75, 3.05) is 0 Å². The molecule has 3 heteroatoms. The summed E-state index contributed by atoms with van der Waals surface area (Å²) in [4.78, 5) is 0. The molecule has 3 nitrogen and oxygen atoms in total. The highest BCUT2D eigenvalue weighted by Crippen LogP contribution is 2.13. The van der Waals surface area contributed by atoms with E-state index < -0.39 is 0 Å². The first-order valence-electron chi connectivity index (χ1n) is 3.31. The summed E-state index contributed by atoms with van der Waals surface area (Å²) < 4.78 is 0. The molecular weight excluding hydrogens is 116 g/mol. The predicted octanol–water partition coefficient (Wildman–Crippen LogP) is 0.718. The molecule has 0 unspecified atom stereocenters. The maximum Gasteiger partial charge on any atom is 0.0737 e. The maximum atomic E-state index is 8.37. The van der Waals surface area contributed by atoms with Gasteiger partial charge in [0.25, 0.3) is 0 Å². The quantitative estimate of drug-likeness (QED) is 0.373. The summed E-state index contributed by atoms with van der Waals surface area (Å²) in [5.41, 5.74) is 6.36. The molecule has 0 aliphatic heterocycles. The molecule has 0 bridgehead atoms. The molecule has 0 spiro atoms. The van der Waals surface area contributed by atoms with E-state index in [-0.39, 0.29) is 6.04 Å². The molecule has 0 saturated heterocycles. The Kier molecular flexibility index (Phi) is 2.05. The van der Waals surface area contributed by atoms with Crippen LogP contribution in [0.1, 0.15) is 25.7 Å². The van der Waals surface area contributed by atoms with Gasteiger partial charge in [-0.3, -0.25) is 0 Å². The van der Waals surface area contributed by atoms with E-state index in [0.29, 0.717) is 0 Å². The largest absolute Gasteiger partial charge is 0.411 e. The first-order chi connectivity index (χ1) is 4.34. The van der Waals surface area contributed by atoms with Gasteiger partial charge in [0.05, 0.1) is 5.71 Å². The van der Waals surface area contributed by atoms with E-state index in [1.165, 1.54) is 6.42 Å². The van der Waals surface area contributed by atoms with Crippen LogP contribution in [-0.2, 0) is 0 Å². The minimum atomic E-state index is 0.0174. The minimum absolute atomic E-state index is 0.0174. The van der Waals surface area contributed by atoms with E-state index in [1.54, 1.807) is 0 Å². The number of oxime groups is 1. The Morgan fingerprint density at radius 1 is 1.56 bits per heavy atom. The summed E-state index contributed by atoms with van der Waals surface area (Å²) in [6, 6.07) is 0.0174. The van der Waals surface area contributed by atoms with Crippen molar-refractivity contribution in [1.29, 1.82) is 0 Å². The molecule has 1 fully saturated rings. The van der Waals surface area contributed by atoms with E-state index in [9.17, 15) is 0 Å². The van der Waals surface area contributed by atoms with Gasteiger partial charge in [0.1, 0.15) is 0 Å². The van der Waals surface area contributed by atoms with Gasteiger partial charge in [-0.25, -0.2) is 0 Å². The van der Waals surface area contributed by atoms with Gasteiger partial charge in [-0.2, -0.15) is 0 Å². The topological polar surface area (TPSA) is 58.6 Å².